The second-order valence-corrected chi connectivity index (χ2v) is 8.73. The zero-order valence-corrected chi connectivity index (χ0v) is 15.0. The van der Waals surface area contributed by atoms with E-state index in [-0.39, 0.29) is 5.41 Å². The Labute approximate surface area is 149 Å². The molecule has 1 nitrogen and oxygen atoms in total. The van der Waals surface area contributed by atoms with Crippen molar-refractivity contribution in [1.82, 2.24) is 0 Å². The van der Waals surface area contributed by atoms with Crippen molar-refractivity contribution in [2.75, 3.05) is 7.11 Å². The van der Waals surface area contributed by atoms with Crippen LogP contribution < -0.4 is 4.74 Å². The van der Waals surface area contributed by atoms with Crippen LogP contribution in [0.3, 0.4) is 0 Å². The highest BCUT2D eigenvalue weighted by Crippen LogP contribution is 2.67. The fraction of sp³-hybridized carbons (Fsp3) is 0.417. The van der Waals surface area contributed by atoms with Gasteiger partial charge in [0.05, 0.1) is 7.11 Å². The molecule has 0 radical (unpaired) electrons. The maximum absolute atomic E-state index is 5.60. The third kappa shape index (κ3) is 1.65. The largest absolute Gasteiger partial charge is 0.497 e. The molecule has 4 aliphatic carbocycles. The van der Waals surface area contributed by atoms with Gasteiger partial charge in [-0.1, -0.05) is 42.0 Å². The summed E-state index contributed by atoms with van der Waals surface area (Å²) in [7, 11) is 1.79. The second-order valence-electron chi connectivity index (χ2n) is 8.73. The molecule has 25 heavy (non-hydrogen) atoms. The highest BCUT2D eigenvalue weighted by atomic mass is 16.5. The smallest absolute Gasteiger partial charge is 0.119 e. The lowest BCUT2D eigenvalue weighted by Crippen LogP contribution is -2.23. The normalized spacial score (nSPS) is 35.9. The highest BCUT2D eigenvalue weighted by Gasteiger charge is 2.58. The van der Waals surface area contributed by atoms with Gasteiger partial charge in [-0.25, -0.2) is 0 Å². The number of aryl methyl sites for hydroxylation is 1. The van der Waals surface area contributed by atoms with E-state index in [0.717, 1.165) is 29.4 Å². The summed E-state index contributed by atoms with van der Waals surface area (Å²) >= 11 is 0. The number of methoxy groups -OCH3 is 1. The number of fused-ring (bicyclic) bond motifs is 10. The first-order valence-corrected chi connectivity index (χ1v) is 9.68. The first kappa shape index (κ1) is 14.2. The average Bonchev–Trinajstić information content (AvgIpc) is 3.36. The Morgan fingerprint density at radius 1 is 0.880 bits per heavy atom. The SMILES string of the molecule is COc1ccc2c(c1)C1(CC3C4C=CC(C4)C3C1)c1cc(C)ccc1-2. The topological polar surface area (TPSA) is 9.23 Å². The van der Waals surface area contributed by atoms with Gasteiger partial charge in [-0.3, -0.25) is 0 Å². The van der Waals surface area contributed by atoms with Crippen molar-refractivity contribution in [2.24, 2.45) is 23.7 Å². The summed E-state index contributed by atoms with van der Waals surface area (Å²) < 4.78 is 5.60. The molecular formula is C24H24O. The molecule has 126 valence electrons. The van der Waals surface area contributed by atoms with Crippen LogP contribution in [-0.2, 0) is 5.41 Å². The van der Waals surface area contributed by atoms with Crippen LogP contribution in [0, 0.1) is 30.6 Å². The lowest BCUT2D eigenvalue weighted by Gasteiger charge is -2.29. The standard InChI is InChI=1S/C24H24O/c1-14-3-7-18-19-8-6-17(25-2)11-23(19)24(22(18)9-14)12-20-15-4-5-16(10-15)21(20)13-24/h3-9,11,15-16,20-21H,10,12-13H2,1-2H3. The molecular weight excluding hydrogens is 304 g/mol. The number of benzene rings is 2. The molecule has 0 saturated heterocycles. The van der Waals surface area contributed by atoms with Crippen molar-refractivity contribution in [3.63, 3.8) is 0 Å². The van der Waals surface area contributed by atoms with Crippen molar-refractivity contribution in [3.8, 4) is 16.9 Å². The summed E-state index contributed by atoms with van der Waals surface area (Å²) in [4.78, 5) is 0. The average molecular weight is 328 g/mol. The molecule has 2 fully saturated rings. The second kappa shape index (κ2) is 4.58. The van der Waals surface area contributed by atoms with Crippen LogP contribution in [0.1, 0.15) is 36.0 Å². The Bertz CT molecular complexity index is 902. The number of allylic oxidation sites excluding steroid dienone is 2. The lowest BCUT2D eigenvalue weighted by molar-refractivity contribution is 0.364. The molecule has 0 aromatic heterocycles. The number of hydrogen-bond acceptors (Lipinski definition) is 1. The van der Waals surface area contributed by atoms with Gasteiger partial charge in [0.1, 0.15) is 5.75 Å². The number of rotatable bonds is 1. The van der Waals surface area contributed by atoms with Gasteiger partial charge in [-0.2, -0.15) is 0 Å². The molecule has 2 aromatic rings. The first-order valence-electron chi connectivity index (χ1n) is 9.68. The summed E-state index contributed by atoms with van der Waals surface area (Å²) in [6.07, 6.45) is 9.09. The molecule has 0 heterocycles. The fourth-order valence-corrected chi connectivity index (χ4v) is 6.68. The van der Waals surface area contributed by atoms with E-state index in [2.05, 4.69) is 55.5 Å². The number of hydrogen-bond donors (Lipinski definition) is 0. The Kier molecular flexibility index (Phi) is 2.60. The van der Waals surface area contributed by atoms with Crippen molar-refractivity contribution < 1.29 is 4.74 Å². The molecule has 2 aromatic carbocycles. The van der Waals surface area contributed by atoms with Crippen molar-refractivity contribution in [2.45, 2.75) is 31.6 Å². The zero-order valence-electron chi connectivity index (χ0n) is 15.0. The molecule has 0 aliphatic heterocycles. The summed E-state index contributed by atoms with van der Waals surface area (Å²) in [6.45, 7) is 2.23. The fourth-order valence-electron chi connectivity index (χ4n) is 6.68. The Hall–Kier alpha value is -2.02. The Morgan fingerprint density at radius 2 is 1.52 bits per heavy atom. The van der Waals surface area contributed by atoms with Gasteiger partial charge in [0.25, 0.3) is 0 Å². The molecule has 1 heteroatoms. The van der Waals surface area contributed by atoms with Crippen molar-refractivity contribution in [3.05, 3.63) is 65.2 Å². The van der Waals surface area contributed by atoms with E-state index in [1.54, 1.807) is 12.7 Å². The summed E-state index contributed by atoms with van der Waals surface area (Å²) in [5, 5.41) is 0. The van der Waals surface area contributed by atoms with Crippen molar-refractivity contribution >= 4 is 0 Å². The van der Waals surface area contributed by atoms with E-state index >= 15 is 0 Å². The van der Waals surface area contributed by atoms with Crippen LogP contribution >= 0.6 is 0 Å². The van der Waals surface area contributed by atoms with Gasteiger partial charge in [0, 0.05) is 5.41 Å². The van der Waals surface area contributed by atoms with Gasteiger partial charge >= 0.3 is 0 Å². The molecule has 4 aliphatic rings. The van der Waals surface area contributed by atoms with E-state index in [4.69, 9.17) is 4.74 Å². The van der Waals surface area contributed by atoms with Gasteiger partial charge < -0.3 is 4.74 Å². The Morgan fingerprint density at radius 3 is 2.20 bits per heavy atom. The number of ether oxygens (including phenoxy) is 1. The zero-order chi connectivity index (χ0) is 16.8. The van der Waals surface area contributed by atoms with Gasteiger partial charge in [-0.05, 0) is 84.2 Å². The van der Waals surface area contributed by atoms with E-state index in [9.17, 15) is 0 Å². The highest BCUT2D eigenvalue weighted by molar-refractivity contribution is 5.82. The molecule has 1 spiro atoms. The lowest BCUT2D eigenvalue weighted by atomic mass is 9.74. The third-order valence-corrected chi connectivity index (χ3v) is 7.69. The van der Waals surface area contributed by atoms with Gasteiger partial charge in [0.2, 0.25) is 0 Å². The molecule has 2 bridgehead atoms. The minimum absolute atomic E-state index is 0.212. The van der Waals surface area contributed by atoms with Crippen LogP contribution in [0.2, 0.25) is 0 Å². The van der Waals surface area contributed by atoms with Crippen LogP contribution in [0.4, 0.5) is 0 Å². The summed E-state index contributed by atoms with van der Waals surface area (Å²) in [5.74, 6) is 4.41. The van der Waals surface area contributed by atoms with Crippen LogP contribution in [0.25, 0.3) is 11.1 Å². The monoisotopic (exact) mass is 328 g/mol. The molecule has 2 saturated carbocycles. The van der Waals surface area contributed by atoms with E-state index in [1.807, 2.05) is 0 Å². The van der Waals surface area contributed by atoms with Crippen LogP contribution in [-0.4, -0.2) is 7.11 Å². The molecule has 0 N–H and O–H groups in total. The predicted molar refractivity (Wildman–Crippen MR) is 101 cm³/mol. The van der Waals surface area contributed by atoms with E-state index in [1.165, 1.54) is 41.5 Å². The quantitative estimate of drug-likeness (QED) is 0.628. The predicted octanol–water partition coefficient (Wildman–Crippen LogP) is 5.50. The third-order valence-electron chi connectivity index (χ3n) is 7.69. The summed E-state index contributed by atoms with van der Waals surface area (Å²) in [6, 6.07) is 13.8. The maximum Gasteiger partial charge on any atom is 0.119 e. The first-order chi connectivity index (χ1) is 12.2. The molecule has 4 unspecified atom stereocenters. The minimum atomic E-state index is 0.212. The van der Waals surface area contributed by atoms with E-state index in [0.29, 0.717) is 0 Å². The van der Waals surface area contributed by atoms with Crippen molar-refractivity contribution in [1.29, 1.82) is 0 Å². The maximum atomic E-state index is 5.60. The molecule has 6 rings (SSSR count). The Balaban J connectivity index is 1.58. The molecule has 4 atom stereocenters. The van der Waals surface area contributed by atoms with Gasteiger partial charge in [-0.15, -0.1) is 0 Å². The van der Waals surface area contributed by atoms with Crippen LogP contribution in [0.15, 0.2) is 48.6 Å². The van der Waals surface area contributed by atoms with Gasteiger partial charge in [0.15, 0.2) is 0 Å². The molecule has 0 amide bonds. The summed E-state index contributed by atoms with van der Waals surface area (Å²) in [5.41, 5.74) is 7.62. The van der Waals surface area contributed by atoms with Crippen LogP contribution in [0.5, 0.6) is 5.75 Å². The minimum Gasteiger partial charge on any atom is -0.497 e. The van der Waals surface area contributed by atoms with E-state index < -0.39 is 0 Å².